The number of rotatable bonds is 7. The van der Waals surface area contributed by atoms with Crippen LogP contribution in [-0.2, 0) is 0 Å². The smallest absolute Gasteiger partial charge is 0.00489 e. The second-order valence-corrected chi connectivity index (χ2v) is 12.0. The molecule has 7 atom stereocenters. The van der Waals surface area contributed by atoms with E-state index in [-0.39, 0.29) is 0 Å². The Morgan fingerprint density at radius 1 is 0.821 bits per heavy atom. The minimum absolute atomic E-state index is 0.683. The lowest BCUT2D eigenvalue weighted by Gasteiger charge is -2.62. The Morgan fingerprint density at radius 2 is 1.71 bits per heavy atom. The van der Waals surface area contributed by atoms with Crippen molar-refractivity contribution in [3.8, 4) is 0 Å². The molecule has 4 aliphatic carbocycles. The van der Waals surface area contributed by atoms with Crippen molar-refractivity contribution in [1.82, 2.24) is 5.32 Å². The molecular formula is C27H49N. The van der Waals surface area contributed by atoms with Crippen molar-refractivity contribution in [1.29, 1.82) is 0 Å². The zero-order valence-electron chi connectivity index (χ0n) is 19.4. The van der Waals surface area contributed by atoms with Gasteiger partial charge in [-0.2, -0.15) is 0 Å². The zero-order valence-corrected chi connectivity index (χ0v) is 19.4. The summed E-state index contributed by atoms with van der Waals surface area (Å²) in [5, 5.41) is 3.58. The van der Waals surface area contributed by atoms with Crippen LogP contribution >= 0.6 is 0 Å². The van der Waals surface area contributed by atoms with Gasteiger partial charge in [0.25, 0.3) is 0 Å². The minimum atomic E-state index is 0.683. The van der Waals surface area contributed by atoms with Crippen LogP contribution in [0.2, 0.25) is 0 Å². The fourth-order valence-corrected chi connectivity index (χ4v) is 8.91. The van der Waals surface area contributed by atoms with Crippen molar-refractivity contribution in [2.45, 2.75) is 117 Å². The first-order valence-corrected chi connectivity index (χ1v) is 13.3. The number of fused-ring (bicyclic) bond motifs is 5. The zero-order chi connectivity index (χ0) is 19.6. The second kappa shape index (κ2) is 8.99. The van der Waals surface area contributed by atoms with E-state index in [4.69, 9.17) is 0 Å². The van der Waals surface area contributed by atoms with Gasteiger partial charge in [0, 0.05) is 0 Å². The Kier molecular flexibility index (Phi) is 6.81. The first-order valence-electron chi connectivity index (χ1n) is 13.3. The molecule has 0 spiro atoms. The van der Waals surface area contributed by atoms with Crippen LogP contribution in [0.5, 0.6) is 0 Å². The van der Waals surface area contributed by atoms with Crippen LogP contribution in [-0.4, -0.2) is 13.1 Å². The number of hydrogen-bond acceptors (Lipinski definition) is 1. The summed E-state index contributed by atoms with van der Waals surface area (Å²) in [6.45, 7) is 10.2. The summed E-state index contributed by atoms with van der Waals surface area (Å²) in [5.41, 5.74) is 1.40. The monoisotopic (exact) mass is 387 g/mol. The molecule has 1 nitrogen and oxygen atoms in total. The SMILES string of the molecule is CCCNCCCC[C@H]1CCC2C3CCC4CCCC[C@]4(C)C3CCC2(C)C1. The number of hydrogen-bond donors (Lipinski definition) is 1. The van der Waals surface area contributed by atoms with E-state index < -0.39 is 0 Å². The third-order valence-electron chi connectivity index (χ3n) is 10.4. The number of nitrogens with one attached hydrogen (secondary N) is 1. The van der Waals surface area contributed by atoms with Gasteiger partial charge in [0.05, 0.1) is 0 Å². The Hall–Kier alpha value is -0.0400. The molecule has 5 unspecified atom stereocenters. The lowest BCUT2D eigenvalue weighted by Crippen LogP contribution is -2.54. The van der Waals surface area contributed by atoms with E-state index in [0.717, 1.165) is 29.6 Å². The van der Waals surface area contributed by atoms with Gasteiger partial charge in [0.1, 0.15) is 0 Å². The van der Waals surface area contributed by atoms with Crippen molar-refractivity contribution < 1.29 is 0 Å². The van der Waals surface area contributed by atoms with E-state index in [1.165, 1.54) is 51.6 Å². The molecule has 1 N–H and O–H groups in total. The van der Waals surface area contributed by atoms with Gasteiger partial charge in [-0.25, -0.2) is 0 Å². The molecule has 28 heavy (non-hydrogen) atoms. The van der Waals surface area contributed by atoms with Gasteiger partial charge in [-0.3, -0.25) is 0 Å². The second-order valence-electron chi connectivity index (χ2n) is 12.0. The topological polar surface area (TPSA) is 12.0 Å². The highest BCUT2D eigenvalue weighted by atomic mass is 14.8. The summed E-state index contributed by atoms with van der Waals surface area (Å²) in [4.78, 5) is 0. The fraction of sp³-hybridized carbons (Fsp3) is 1.00. The Balaban J connectivity index is 1.32. The van der Waals surface area contributed by atoms with Gasteiger partial charge in [0.2, 0.25) is 0 Å². The molecule has 0 bridgehead atoms. The maximum atomic E-state index is 3.58. The van der Waals surface area contributed by atoms with Crippen LogP contribution in [0.15, 0.2) is 0 Å². The molecule has 4 rings (SSSR count). The standard InChI is InChI=1S/C27H49N/c1-4-18-28-19-8-6-9-21-11-14-24-23-13-12-22-10-5-7-16-27(22,3)25(23)15-17-26(24,2)20-21/h21-25,28H,4-20H2,1-3H3/t21-,22?,23?,24?,25?,26?,27-/m0/s1. The van der Waals surface area contributed by atoms with Gasteiger partial charge < -0.3 is 5.32 Å². The summed E-state index contributed by atoms with van der Waals surface area (Å²) in [5.74, 6) is 5.33. The maximum Gasteiger partial charge on any atom is -0.00489 e. The highest BCUT2D eigenvalue weighted by Gasteiger charge is 2.56. The van der Waals surface area contributed by atoms with E-state index in [1.807, 2.05) is 0 Å². The first-order chi connectivity index (χ1) is 13.6. The molecule has 4 aliphatic rings. The van der Waals surface area contributed by atoms with Crippen molar-refractivity contribution in [3.05, 3.63) is 0 Å². The van der Waals surface area contributed by atoms with Crippen LogP contribution in [0.1, 0.15) is 117 Å². The van der Waals surface area contributed by atoms with Gasteiger partial charge in [-0.1, -0.05) is 52.9 Å². The van der Waals surface area contributed by atoms with Crippen LogP contribution in [0.3, 0.4) is 0 Å². The third-order valence-corrected chi connectivity index (χ3v) is 10.4. The molecule has 0 heterocycles. The van der Waals surface area contributed by atoms with E-state index in [0.29, 0.717) is 10.8 Å². The van der Waals surface area contributed by atoms with Crippen LogP contribution in [0.4, 0.5) is 0 Å². The highest BCUT2D eigenvalue weighted by Crippen LogP contribution is 2.66. The van der Waals surface area contributed by atoms with E-state index in [9.17, 15) is 0 Å². The summed E-state index contributed by atoms with van der Waals surface area (Å²) < 4.78 is 0. The van der Waals surface area contributed by atoms with Gasteiger partial charge in [0.15, 0.2) is 0 Å². The van der Waals surface area contributed by atoms with Gasteiger partial charge in [-0.05, 0) is 118 Å². The van der Waals surface area contributed by atoms with Gasteiger partial charge >= 0.3 is 0 Å². The summed E-state index contributed by atoms with van der Waals surface area (Å²) in [6.07, 6.45) is 22.7. The summed E-state index contributed by atoms with van der Waals surface area (Å²) >= 11 is 0. The van der Waals surface area contributed by atoms with E-state index in [1.54, 1.807) is 57.8 Å². The van der Waals surface area contributed by atoms with Crippen molar-refractivity contribution in [3.63, 3.8) is 0 Å². The van der Waals surface area contributed by atoms with Crippen LogP contribution in [0, 0.1) is 40.4 Å². The summed E-state index contributed by atoms with van der Waals surface area (Å²) in [6, 6.07) is 0. The molecule has 162 valence electrons. The minimum Gasteiger partial charge on any atom is -0.317 e. The molecule has 0 radical (unpaired) electrons. The largest absolute Gasteiger partial charge is 0.317 e. The average molecular weight is 388 g/mol. The molecule has 0 amide bonds. The van der Waals surface area contributed by atoms with Crippen molar-refractivity contribution in [2.24, 2.45) is 40.4 Å². The lowest BCUT2D eigenvalue weighted by molar-refractivity contribution is -0.130. The lowest BCUT2D eigenvalue weighted by atomic mass is 9.42. The van der Waals surface area contributed by atoms with Crippen molar-refractivity contribution >= 4 is 0 Å². The molecule has 4 fully saturated rings. The van der Waals surface area contributed by atoms with Crippen LogP contribution in [0.25, 0.3) is 0 Å². The van der Waals surface area contributed by atoms with E-state index in [2.05, 4.69) is 26.1 Å². The predicted molar refractivity (Wildman–Crippen MR) is 121 cm³/mol. The molecule has 4 saturated carbocycles. The normalized spacial score (nSPS) is 45.8. The van der Waals surface area contributed by atoms with E-state index >= 15 is 0 Å². The number of unbranched alkanes of at least 4 members (excludes halogenated alkanes) is 1. The van der Waals surface area contributed by atoms with Crippen molar-refractivity contribution in [2.75, 3.05) is 13.1 Å². The quantitative estimate of drug-likeness (QED) is 0.443. The maximum absolute atomic E-state index is 3.58. The Labute approximate surface area is 176 Å². The molecule has 1 heteroatoms. The molecule has 0 aromatic rings. The molecule has 0 aliphatic heterocycles. The molecule has 0 aromatic carbocycles. The summed E-state index contributed by atoms with van der Waals surface area (Å²) in [7, 11) is 0. The fourth-order valence-electron chi connectivity index (χ4n) is 8.91. The molecular weight excluding hydrogens is 338 g/mol. The Bertz CT molecular complexity index is 500. The average Bonchev–Trinajstić information content (AvgIpc) is 2.69. The molecule has 0 saturated heterocycles. The third kappa shape index (κ3) is 4.08. The first kappa shape index (κ1) is 21.2. The molecule has 0 aromatic heterocycles. The van der Waals surface area contributed by atoms with Gasteiger partial charge in [-0.15, -0.1) is 0 Å². The highest BCUT2D eigenvalue weighted by molar-refractivity contribution is 5.06. The Morgan fingerprint density at radius 3 is 2.57 bits per heavy atom. The predicted octanol–water partition coefficient (Wildman–Crippen LogP) is 7.60. The van der Waals surface area contributed by atoms with Crippen LogP contribution < -0.4 is 5.32 Å².